The first-order valence-electron chi connectivity index (χ1n) is 6.09. The lowest BCUT2D eigenvalue weighted by molar-refractivity contribution is 0.103. The van der Waals surface area contributed by atoms with Gasteiger partial charge in [-0.25, -0.2) is 0 Å². The lowest BCUT2D eigenvalue weighted by Crippen LogP contribution is -2.06. The number of ether oxygens (including phenoxy) is 1. The average molecular weight is 320 g/mol. The number of carbonyl (C=O) groups excluding carboxylic acids is 1. The van der Waals surface area contributed by atoms with Gasteiger partial charge in [0.2, 0.25) is 0 Å². The zero-order chi connectivity index (χ0) is 13.7. The summed E-state index contributed by atoms with van der Waals surface area (Å²) in [6.45, 7) is 2.63. The number of hydrogen-bond donors (Lipinski definition) is 0. The van der Waals surface area contributed by atoms with Crippen molar-refractivity contribution < 1.29 is 9.53 Å². The number of nitrogens with zero attached hydrogens (tertiary/aromatic N) is 1. The topological polar surface area (TPSA) is 39.2 Å². The van der Waals surface area contributed by atoms with Crippen LogP contribution < -0.4 is 4.74 Å². The number of halogens is 1. The molecule has 1 aromatic heterocycles. The maximum absolute atomic E-state index is 12.4. The molecule has 4 heteroatoms. The highest BCUT2D eigenvalue weighted by Gasteiger charge is 2.14. The summed E-state index contributed by atoms with van der Waals surface area (Å²) in [5, 5.41) is 0. The molecule has 0 spiro atoms. The number of rotatable bonds is 5. The van der Waals surface area contributed by atoms with E-state index in [4.69, 9.17) is 4.74 Å². The zero-order valence-electron chi connectivity index (χ0n) is 10.6. The third-order valence-electron chi connectivity index (χ3n) is 2.56. The molecule has 1 heterocycles. The molecule has 98 valence electrons. The van der Waals surface area contributed by atoms with Crippen LogP contribution in [0.4, 0.5) is 0 Å². The fraction of sp³-hybridized carbons (Fsp3) is 0.200. The highest BCUT2D eigenvalue weighted by atomic mass is 79.9. The fourth-order valence-corrected chi connectivity index (χ4v) is 2.05. The van der Waals surface area contributed by atoms with Crippen molar-refractivity contribution in [2.24, 2.45) is 0 Å². The van der Waals surface area contributed by atoms with Crippen LogP contribution in [0.2, 0.25) is 0 Å². The summed E-state index contributed by atoms with van der Waals surface area (Å²) < 4.78 is 6.39. The predicted molar refractivity (Wildman–Crippen MR) is 77.6 cm³/mol. The van der Waals surface area contributed by atoms with Crippen molar-refractivity contribution in [1.29, 1.82) is 0 Å². The van der Waals surface area contributed by atoms with E-state index in [1.807, 2.05) is 25.1 Å². The van der Waals surface area contributed by atoms with Gasteiger partial charge in [-0.3, -0.25) is 9.78 Å². The van der Waals surface area contributed by atoms with Gasteiger partial charge in [-0.2, -0.15) is 0 Å². The minimum absolute atomic E-state index is 0.0829. The number of para-hydroxylation sites is 1. The summed E-state index contributed by atoms with van der Waals surface area (Å²) in [5.41, 5.74) is 1.11. The van der Waals surface area contributed by atoms with Crippen LogP contribution in [0, 0.1) is 0 Å². The summed E-state index contributed by atoms with van der Waals surface area (Å²) >= 11 is 3.32. The van der Waals surface area contributed by atoms with Crippen molar-refractivity contribution in [2.75, 3.05) is 6.61 Å². The van der Waals surface area contributed by atoms with E-state index in [-0.39, 0.29) is 5.78 Å². The molecule has 0 saturated heterocycles. The maximum Gasteiger partial charge on any atom is 0.198 e. The van der Waals surface area contributed by atoms with Crippen LogP contribution in [0.25, 0.3) is 0 Å². The Morgan fingerprint density at radius 1 is 1.32 bits per heavy atom. The lowest BCUT2D eigenvalue weighted by atomic mass is 10.0. The summed E-state index contributed by atoms with van der Waals surface area (Å²) in [6.07, 6.45) is 4.11. The monoisotopic (exact) mass is 319 g/mol. The van der Waals surface area contributed by atoms with Crippen molar-refractivity contribution in [3.05, 3.63) is 58.3 Å². The number of hydrogen-bond acceptors (Lipinski definition) is 3. The number of benzene rings is 1. The Morgan fingerprint density at radius 2 is 2.11 bits per heavy atom. The number of pyridine rings is 1. The Balaban J connectivity index is 2.33. The first-order valence-corrected chi connectivity index (χ1v) is 6.88. The van der Waals surface area contributed by atoms with E-state index in [1.54, 1.807) is 24.5 Å². The zero-order valence-corrected chi connectivity index (χ0v) is 12.2. The Bertz CT molecular complexity index is 584. The standard InChI is InChI=1S/C15H14BrNO2/c1-2-7-19-14-6-4-3-5-13(14)15(18)11-8-12(16)10-17-9-11/h3-6,8-10H,2,7H2,1H3. The van der Waals surface area contributed by atoms with Crippen LogP contribution in [-0.2, 0) is 0 Å². The molecule has 0 atom stereocenters. The van der Waals surface area contributed by atoms with E-state index in [2.05, 4.69) is 20.9 Å². The molecule has 0 unspecified atom stereocenters. The van der Waals surface area contributed by atoms with Gasteiger partial charge >= 0.3 is 0 Å². The highest BCUT2D eigenvalue weighted by Crippen LogP contribution is 2.22. The van der Waals surface area contributed by atoms with E-state index in [9.17, 15) is 4.79 Å². The van der Waals surface area contributed by atoms with Crippen LogP contribution in [0.1, 0.15) is 29.3 Å². The maximum atomic E-state index is 12.4. The summed E-state index contributed by atoms with van der Waals surface area (Å²) in [4.78, 5) is 16.5. The van der Waals surface area contributed by atoms with Crippen molar-refractivity contribution in [2.45, 2.75) is 13.3 Å². The van der Waals surface area contributed by atoms with Crippen LogP contribution in [-0.4, -0.2) is 17.4 Å². The largest absolute Gasteiger partial charge is 0.493 e. The number of ketones is 1. The van der Waals surface area contributed by atoms with E-state index in [0.717, 1.165) is 10.9 Å². The predicted octanol–water partition coefficient (Wildman–Crippen LogP) is 3.86. The first kappa shape index (κ1) is 13.7. The van der Waals surface area contributed by atoms with Gasteiger partial charge in [0.05, 0.1) is 12.2 Å². The van der Waals surface area contributed by atoms with Gasteiger partial charge in [-0.1, -0.05) is 19.1 Å². The molecule has 0 radical (unpaired) electrons. The van der Waals surface area contributed by atoms with Gasteiger partial charge in [0.15, 0.2) is 5.78 Å². The molecule has 0 amide bonds. The average Bonchev–Trinajstić information content (AvgIpc) is 2.44. The Morgan fingerprint density at radius 3 is 2.84 bits per heavy atom. The Hall–Kier alpha value is -1.68. The van der Waals surface area contributed by atoms with E-state index >= 15 is 0 Å². The number of carbonyl (C=O) groups is 1. The molecule has 0 aliphatic heterocycles. The van der Waals surface area contributed by atoms with Crippen LogP contribution >= 0.6 is 15.9 Å². The van der Waals surface area contributed by atoms with Crippen LogP contribution in [0.3, 0.4) is 0 Å². The van der Waals surface area contributed by atoms with E-state index < -0.39 is 0 Å². The van der Waals surface area contributed by atoms with Gasteiger partial charge in [0, 0.05) is 22.4 Å². The summed E-state index contributed by atoms with van der Waals surface area (Å²) in [6, 6.07) is 9.03. The van der Waals surface area contributed by atoms with Gasteiger partial charge in [-0.05, 0) is 40.5 Å². The molecule has 0 N–H and O–H groups in total. The molecule has 19 heavy (non-hydrogen) atoms. The van der Waals surface area contributed by atoms with Gasteiger partial charge in [0.1, 0.15) is 5.75 Å². The molecule has 2 rings (SSSR count). The van der Waals surface area contributed by atoms with Gasteiger partial charge in [-0.15, -0.1) is 0 Å². The van der Waals surface area contributed by atoms with Gasteiger partial charge in [0.25, 0.3) is 0 Å². The highest BCUT2D eigenvalue weighted by molar-refractivity contribution is 9.10. The van der Waals surface area contributed by atoms with Crippen LogP contribution in [0.15, 0.2) is 47.2 Å². The molecular formula is C15H14BrNO2. The minimum atomic E-state index is -0.0829. The summed E-state index contributed by atoms with van der Waals surface area (Å²) in [7, 11) is 0. The molecule has 2 aromatic rings. The van der Waals surface area contributed by atoms with Crippen LogP contribution in [0.5, 0.6) is 5.75 Å². The van der Waals surface area contributed by atoms with Crippen molar-refractivity contribution in [1.82, 2.24) is 4.98 Å². The molecule has 1 aromatic carbocycles. The first-order chi connectivity index (χ1) is 9.22. The fourth-order valence-electron chi connectivity index (χ4n) is 1.68. The van der Waals surface area contributed by atoms with Gasteiger partial charge < -0.3 is 4.74 Å². The normalized spacial score (nSPS) is 10.2. The molecule has 0 aliphatic carbocycles. The third-order valence-corrected chi connectivity index (χ3v) is 2.99. The molecule has 0 saturated carbocycles. The Kier molecular flexibility index (Phi) is 4.68. The molecule has 0 aliphatic rings. The second-order valence-electron chi connectivity index (χ2n) is 4.07. The quantitative estimate of drug-likeness (QED) is 0.785. The van der Waals surface area contributed by atoms with E-state index in [1.165, 1.54) is 0 Å². The molecule has 0 bridgehead atoms. The molecular weight excluding hydrogens is 306 g/mol. The Labute approximate surface area is 120 Å². The smallest absolute Gasteiger partial charge is 0.198 e. The third kappa shape index (κ3) is 3.41. The van der Waals surface area contributed by atoms with Crippen molar-refractivity contribution in [3.63, 3.8) is 0 Å². The summed E-state index contributed by atoms with van der Waals surface area (Å²) in [5.74, 6) is 0.537. The lowest BCUT2D eigenvalue weighted by Gasteiger charge is -2.09. The second kappa shape index (κ2) is 6.48. The molecule has 0 fully saturated rings. The minimum Gasteiger partial charge on any atom is -0.493 e. The second-order valence-corrected chi connectivity index (χ2v) is 4.98. The van der Waals surface area contributed by atoms with E-state index in [0.29, 0.717) is 23.5 Å². The SMILES string of the molecule is CCCOc1ccccc1C(=O)c1cncc(Br)c1. The number of aromatic nitrogens is 1. The molecule has 3 nitrogen and oxygen atoms in total. The van der Waals surface area contributed by atoms with Crippen molar-refractivity contribution >= 4 is 21.7 Å². The van der Waals surface area contributed by atoms with Crippen molar-refractivity contribution in [3.8, 4) is 5.75 Å².